The number of anilines is 1. The first-order valence-electron chi connectivity index (χ1n) is 5.59. The quantitative estimate of drug-likeness (QED) is 0.510. The van der Waals surface area contributed by atoms with Crippen LogP contribution in [0.25, 0.3) is 0 Å². The molecule has 3 N–H and O–H groups in total. The number of hydrogen-bond donors (Lipinski definition) is 3. The lowest BCUT2D eigenvalue weighted by Crippen LogP contribution is -2.35. The summed E-state index contributed by atoms with van der Waals surface area (Å²) in [5.41, 5.74) is 5.96. The third kappa shape index (κ3) is 5.55. The number of benzene rings is 1. The van der Waals surface area contributed by atoms with Crippen LogP contribution < -0.4 is 16.2 Å². The fraction of sp³-hybridized carbons (Fsp3) is 0.333. The molecule has 0 saturated heterocycles. The standard InChI is InChI=1S/C12H17N3O2/c1-2-8-13-11(16)9-12(17)15-14-10-6-4-3-5-7-10/h3-7,14H,2,8-9H2,1H3,(H,13,16)(H,15,17). The van der Waals surface area contributed by atoms with E-state index in [-0.39, 0.29) is 18.2 Å². The first kappa shape index (κ1) is 13.0. The van der Waals surface area contributed by atoms with Crippen LogP contribution >= 0.6 is 0 Å². The molecule has 0 aliphatic heterocycles. The zero-order chi connectivity index (χ0) is 12.5. The number of hydrogen-bond acceptors (Lipinski definition) is 3. The first-order valence-corrected chi connectivity index (χ1v) is 5.59. The maximum Gasteiger partial charge on any atom is 0.247 e. The van der Waals surface area contributed by atoms with Crippen LogP contribution in [0.2, 0.25) is 0 Å². The van der Waals surface area contributed by atoms with Crippen molar-refractivity contribution in [2.75, 3.05) is 12.0 Å². The Hall–Kier alpha value is -2.04. The van der Waals surface area contributed by atoms with Crippen LogP contribution in [0, 0.1) is 0 Å². The highest BCUT2D eigenvalue weighted by Gasteiger charge is 2.07. The highest BCUT2D eigenvalue weighted by molar-refractivity contribution is 5.97. The summed E-state index contributed by atoms with van der Waals surface area (Å²) < 4.78 is 0. The third-order valence-electron chi connectivity index (χ3n) is 2.01. The van der Waals surface area contributed by atoms with E-state index >= 15 is 0 Å². The van der Waals surface area contributed by atoms with Gasteiger partial charge in [0, 0.05) is 6.54 Å². The molecule has 0 atom stereocenters. The van der Waals surface area contributed by atoms with Gasteiger partial charge in [0.2, 0.25) is 11.8 Å². The number of rotatable bonds is 6. The van der Waals surface area contributed by atoms with Gasteiger partial charge in [0.15, 0.2) is 0 Å². The van der Waals surface area contributed by atoms with Gasteiger partial charge in [0.05, 0.1) is 5.69 Å². The summed E-state index contributed by atoms with van der Waals surface area (Å²) in [7, 11) is 0. The van der Waals surface area contributed by atoms with Crippen molar-refractivity contribution >= 4 is 17.5 Å². The summed E-state index contributed by atoms with van der Waals surface area (Å²) in [4.78, 5) is 22.6. The molecule has 1 rings (SSSR count). The molecule has 0 aromatic heterocycles. The van der Waals surface area contributed by atoms with E-state index < -0.39 is 0 Å². The van der Waals surface area contributed by atoms with Gasteiger partial charge < -0.3 is 5.32 Å². The van der Waals surface area contributed by atoms with Crippen LogP contribution in [0.4, 0.5) is 5.69 Å². The van der Waals surface area contributed by atoms with Crippen LogP contribution in [0.15, 0.2) is 30.3 Å². The zero-order valence-corrected chi connectivity index (χ0v) is 9.82. The van der Waals surface area contributed by atoms with E-state index in [0.717, 1.165) is 12.1 Å². The Morgan fingerprint density at radius 1 is 1.12 bits per heavy atom. The molecule has 0 bridgehead atoms. The molecule has 0 spiro atoms. The van der Waals surface area contributed by atoms with Gasteiger partial charge in [-0.15, -0.1) is 0 Å². The van der Waals surface area contributed by atoms with Gasteiger partial charge in [-0.1, -0.05) is 25.1 Å². The Kier molecular flexibility index (Phi) is 5.57. The van der Waals surface area contributed by atoms with Crippen molar-refractivity contribution in [3.8, 4) is 0 Å². The van der Waals surface area contributed by atoms with Crippen molar-refractivity contribution in [1.29, 1.82) is 0 Å². The van der Waals surface area contributed by atoms with E-state index in [2.05, 4.69) is 16.2 Å². The van der Waals surface area contributed by atoms with Gasteiger partial charge in [0.1, 0.15) is 6.42 Å². The second-order valence-electron chi connectivity index (χ2n) is 3.57. The molecule has 0 heterocycles. The predicted octanol–water partition coefficient (Wildman–Crippen LogP) is 1.05. The number of carbonyl (C=O) groups excluding carboxylic acids is 2. The van der Waals surface area contributed by atoms with Gasteiger partial charge in [-0.3, -0.25) is 20.4 Å². The summed E-state index contributed by atoms with van der Waals surface area (Å²) in [6.07, 6.45) is 0.690. The van der Waals surface area contributed by atoms with E-state index in [1.54, 1.807) is 0 Å². The molecule has 17 heavy (non-hydrogen) atoms. The summed E-state index contributed by atoms with van der Waals surface area (Å²) >= 11 is 0. The summed E-state index contributed by atoms with van der Waals surface area (Å²) in [6, 6.07) is 9.21. The Labute approximate surface area is 101 Å². The number of nitrogens with one attached hydrogen (secondary N) is 3. The lowest BCUT2D eigenvalue weighted by molar-refractivity contribution is -0.128. The van der Waals surface area contributed by atoms with E-state index in [1.807, 2.05) is 37.3 Å². The summed E-state index contributed by atoms with van der Waals surface area (Å²) in [6.45, 7) is 2.55. The minimum Gasteiger partial charge on any atom is -0.356 e. The molecule has 0 aliphatic carbocycles. The Bertz CT molecular complexity index is 365. The van der Waals surface area contributed by atoms with Gasteiger partial charge in [-0.25, -0.2) is 0 Å². The third-order valence-corrected chi connectivity index (χ3v) is 2.01. The molecule has 0 radical (unpaired) electrons. The molecule has 2 amide bonds. The largest absolute Gasteiger partial charge is 0.356 e. The molecule has 1 aromatic carbocycles. The van der Waals surface area contributed by atoms with Crippen LogP contribution in [-0.4, -0.2) is 18.4 Å². The van der Waals surface area contributed by atoms with Crippen LogP contribution in [-0.2, 0) is 9.59 Å². The number of hydrazine groups is 1. The van der Waals surface area contributed by atoms with Crippen molar-refractivity contribution in [2.24, 2.45) is 0 Å². The minimum atomic E-state index is -0.359. The molecule has 5 nitrogen and oxygen atoms in total. The second-order valence-corrected chi connectivity index (χ2v) is 3.57. The highest BCUT2D eigenvalue weighted by atomic mass is 16.2. The van der Waals surface area contributed by atoms with E-state index in [0.29, 0.717) is 6.54 Å². The summed E-state index contributed by atoms with van der Waals surface area (Å²) in [5.74, 6) is -0.623. The highest BCUT2D eigenvalue weighted by Crippen LogP contribution is 2.02. The van der Waals surface area contributed by atoms with Gasteiger partial charge >= 0.3 is 0 Å². The summed E-state index contributed by atoms with van der Waals surface area (Å²) in [5, 5.41) is 2.63. The Balaban J connectivity index is 2.24. The Morgan fingerprint density at radius 2 is 1.82 bits per heavy atom. The molecular formula is C12H17N3O2. The lowest BCUT2D eigenvalue weighted by Gasteiger charge is -2.08. The van der Waals surface area contributed by atoms with Crippen molar-refractivity contribution in [3.05, 3.63) is 30.3 Å². The molecule has 0 saturated carbocycles. The molecule has 0 unspecified atom stereocenters. The average Bonchev–Trinajstić information content (AvgIpc) is 2.35. The van der Waals surface area contributed by atoms with Crippen molar-refractivity contribution in [3.63, 3.8) is 0 Å². The van der Waals surface area contributed by atoms with Gasteiger partial charge in [-0.2, -0.15) is 0 Å². The van der Waals surface area contributed by atoms with E-state index in [4.69, 9.17) is 0 Å². The maximum atomic E-state index is 11.4. The molecule has 5 heteroatoms. The maximum absolute atomic E-state index is 11.4. The van der Waals surface area contributed by atoms with Crippen molar-refractivity contribution in [1.82, 2.24) is 10.7 Å². The van der Waals surface area contributed by atoms with E-state index in [1.165, 1.54) is 0 Å². The monoisotopic (exact) mass is 235 g/mol. The molecular weight excluding hydrogens is 218 g/mol. The number of amides is 2. The fourth-order valence-electron chi connectivity index (χ4n) is 1.18. The van der Waals surface area contributed by atoms with Gasteiger partial charge in [0.25, 0.3) is 0 Å². The van der Waals surface area contributed by atoms with Crippen LogP contribution in [0.1, 0.15) is 19.8 Å². The molecule has 0 aliphatic rings. The number of carbonyl (C=O) groups is 2. The lowest BCUT2D eigenvalue weighted by atomic mass is 10.3. The first-order chi connectivity index (χ1) is 8.22. The topological polar surface area (TPSA) is 70.2 Å². The minimum absolute atomic E-state index is 0.167. The smallest absolute Gasteiger partial charge is 0.247 e. The van der Waals surface area contributed by atoms with Crippen molar-refractivity contribution in [2.45, 2.75) is 19.8 Å². The number of para-hydroxylation sites is 1. The Morgan fingerprint density at radius 3 is 2.47 bits per heavy atom. The zero-order valence-electron chi connectivity index (χ0n) is 9.82. The second kappa shape index (κ2) is 7.27. The average molecular weight is 235 g/mol. The normalized spacial score (nSPS) is 9.47. The van der Waals surface area contributed by atoms with E-state index in [9.17, 15) is 9.59 Å². The molecule has 92 valence electrons. The van der Waals surface area contributed by atoms with Crippen molar-refractivity contribution < 1.29 is 9.59 Å². The fourth-order valence-corrected chi connectivity index (χ4v) is 1.18. The SMILES string of the molecule is CCCNC(=O)CC(=O)NNc1ccccc1. The van der Waals surface area contributed by atoms with Crippen LogP contribution in [0.3, 0.4) is 0 Å². The predicted molar refractivity (Wildman–Crippen MR) is 66.1 cm³/mol. The van der Waals surface area contributed by atoms with Gasteiger partial charge in [-0.05, 0) is 18.6 Å². The molecule has 0 fully saturated rings. The molecule has 1 aromatic rings. The van der Waals surface area contributed by atoms with Crippen LogP contribution in [0.5, 0.6) is 0 Å².